The molecule has 0 aliphatic heterocycles. The summed E-state index contributed by atoms with van der Waals surface area (Å²) in [5.41, 5.74) is -0.935. The van der Waals surface area contributed by atoms with E-state index in [1.807, 2.05) is 26.8 Å². The van der Waals surface area contributed by atoms with Crippen LogP contribution in [0.25, 0.3) is 0 Å². The molecule has 224 valence electrons. The molecule has 5 nitrogen and oxygen atoms in total. The zero-order valence-corrected chi connectivity index (χ0v) is 27.2. The van der Waals surface area contributed by atoms with E-state index in [2.05, 4.69) is 93.7 Å². The van der Waals surface area contributed by atoms with E-state index in [0.29, 0.717) is 6.61 Å². The molecule has 0 spiro atoms. The van der Waals surface area contributed by atoms with E-state index in [1.165, 1.54) is 10.4 Å². The summed E-state index contributed by atoms with van der Waals surface area (Å²) in [6.07, 6.45) is 9.45. The Bertz CT molecular complexity index is 1100. The van der Waals surface area contributed by atoms with Gasteiger partial charge in [0.25, 0.3) is 8.32 Å². The number of alkyl carbamates (subject to hydrolysis) is 1. The van der Waals surface area contributed by atoms with Crippen molar-refractivity contribution in [3.05, 3.63) is 72.8 Å². The molecule has 1 aliphatic rings. The van der Waals surface area contributed by atoms with Crippen LogP contribution < -0.4 is 15.7 Å². The number of hydrogen-bond acceptors (Lipinski definition) is 4. The molecule has 1 fully saturated rings. The van der Waals surface area contributed by atoms with Crippen LogP contribution in [0.4, 0.5) is 4.79 Å². The van der Waals surface area contributed by atoms with Crippen LogP contribution in [0, 0.1) is 11.8 Å². The lowest BCUT2D eigenvalue weighted by atomic mass is 9.76. The van der Waals surface area contributed by atoms with Crippen LogP contribution in [0.2, 0.25) is 5.04 Å². The summed E-state index contributed by atoms with van der Waals surface area (Å²) in [7, 11) is -2.67. The van der Waals surface area contributed by atoms with Gasteiger partial charge in [-0.05, 0) is 86.2 Å². The molecule has 1 aliphatic carbocycles. The Morgan fingerprint density at radius 2 is 1.61 bits per heavy atom. The van der Waals surface area contributed by atoms with Crippen molar-refractivity contribution in [3.63, 3.8) is 0 Å². The predicted octanol–water partition coefficient (Wildman–Crippen LogP) is 7.19. The van der Waals surface area contributed by atoms with E-state index in [1.54, 1.807) is 6.08 Å². The first-order valence-electron chi connectivity index (χ1n) is 15.2. The van der Waals surface area contributed by atoms with Gasteiger partial charge in [0.1, 0.15) is 11.9 Å². The Hall–Kier alpha value is -2.70. The van der Waals surface area contributed by atoms with E-state index in [9.17, 15) is 9.59 Å². The first-order chi connectivity index (χ1) is 19.3. The zero-order chi connectivity index (χ0) is 30.2. The number of aldehydes is 1. The largest absolute Gasteiger partial charge is 0.444 e. The van der Waals surface area contributed by atoms with Crippen molar-refractivity contribution < 1.29 is 18.8 Å². The van der Waals surface area contributed by atoms with Gasteiger partial charge in [-0.25, -0.2) is 4.79 Å². The molecular weight excluding hydrogens is 526 g/mol. The van der Waals surface area contributed by atoms with E-state index in [-0.39, 0.29) is 28.5 Å². The van der Waals surface area contributed by atoms with Crippen LogP contribution in [0.15, 0.2) is 72.8 Å². The highest BCUT2D eigenvalue weighted by Gasteiger charge is 2.52. The Morgan fingerprint density at radius 1 is 1.02 bits per heavy atom. The molecule has 2 aromatic carbocycles. The number of amides is 1. The second-order valence-electron chi connectivity index (χ2n) is 13.7. The first kappa shape index (κ1) is 32.8. The smallest absolute Gasteiger partial charge is 0.408 e. The third-order valence-corrected chi connectivity index (χ3v) is 13.5. The molecule has 3 atom stereocenters. The minimum atomic E-state index is -2.67. The molecule has 0 saturated heterocycles. The standard InChI is InChI=1S/C35H51NO4Si/c1-28(27-39-41(34(5,6)7,29-19-12-10-13-20-29)30-21-14-11-15-22-30)31-23-18-25-35(31,24-16-8-9-17-26-37)36-32(38)40-33(2,3)4/h9-15,17,19-22,26,28,31H,8,16,18,23-25,27H2,1-7H3,(H,36,38)/b17-9+/t28-,31+,35+/m0/s1. The van der Waals surface area contributed by atoms with Gasteiger partial charge in [0, 0.05) is 12.1 Å². The molecule has 1 saturated carbocycles. The van der Waals surface area contributed by atoms with Crippen LogP contribution in [0.5, 0.6) is 0 Å². The third kappa shape index (κ3) is 8.20. The molecule has 0 radical (unpaired) electrons. The quantitative estimate of drug-likeness (QED) is 0.126. The molecule has 0 heterocycles. The molecule has 1 amide bonds. The van der Waals surface area contributed by atoms with Gasteiger partial charge in [0.15, 0.2) is 0 Å². The van der Waals surface area contributed by atoms with Crippen molar-refractivity contribution in [1.29, 1.82) is 0 Å². The van der Waals surface area contributed by atoms with Gasteiger partial charge in [0.05, 0.1) is 0 Å². The fourth-order valence-electron chi connectivity index (χ4n) is 6.78. The molecule has 0 bridgehead atoms. The highest BCUT2D eigenvalue weighted by Crippen LogP contribution is 2.45. The van der Waals surface area contributed by atoms with E-state index < -0.39 is 13.9 Å². The van der Waals surface area contributed by atoms with Crippen LogP contribution in [-0.4, -0.2) is 38.4 Å². The number of carbonyl (C=O) groups is 2. The lowest BCUT2D eigenvalue weighted by Crippen LogP contribution is -2.67. The number of benzene rings is 2. The van der Waals surface area contributed by atoms with Crippen molar-refractivity contribution in [2.75, 3.05) is 6.61 Å². The van der Waals surface area contributed by atoms with Gasteiger partial charge in [0.2, 0.25) is 0 Å². The highest BCUT2D eigenvalue weighted by molar-refractivity contribution is 6.99. The topological polar surface area (TPSA) is 64.6 Å². The van der Waals surface area contributed by atoms with Crippen molar-refractivity contribution in [1.82, 2.24) is 5.32 Å². The van der Waals surface area contributed by atoms with Gasteiger partial charge in [-0.2, -0.15) is 0 Å². The highest BCUT2D eigenvalue weighted by atomic mass is 28.4. The summed E-state index contributed by atoms with van der Waals surface area (Å²) >= 11 is 0. The average molecular weight is 578 g/mol. The van der Waals surface area contributed by atoms with Crippen LogP contribution in [-0.2, 0) is 14.0 Å². The van der Waals surface area contributed by atoms with Gasteiger partial charge in [-0.1, -0.05) is 101 Å². The Labute approximate surface area is 249 Å². The SMILES string of the molecule is C[C@@H](CO[Si](c1ccccc1)(c1ccccc1)C(C)(C)C)[C@H]1CCC[C@@]1(CCC/C=C/C=O)NC(=O)OC(C)(C)C. The van der Waals surface area contributed by atoms with Crippen LogP contribution in [0.3, 0.4) is 0 Å². The molecule has 0 unspecified atom stereocenters. The zero-order valence-electron chi connectivity index (χ0n) is 26.2. The average Bonchev–Trinajstić information content (AvgIpc) is 3.31. The maximum Gasteiger partial charge on any atom is 0.408 e. The number of rotatable bonds is 12. The lowest BCUT2D eigenvalue weighted by molar-refractivity contribution is -0.104. The predicted molar refractivity (Wildman–Crippen MR) is 171 cm³/mol. The number of ether oxygens (including phenoxy) is 1. The molecule has 2 aromatic rings. The van der Waals surface area contributed by atoms with Gasteiger partial charge in [-0.3, -0.25) is 4.79 Å². The van der Waals surface area contributed by atoms with Crippen LogP contribution >= 0.6 is 0 Å². The van der Waals surface area contributed by atoms with Crippen molar-refractivity contribution in [2.24, 2.45) is 11.8 Å². The summed E-state index contributed by atoms with van der Waals surface area (Å²) in [5, 5.41) is 5.82. The molecule has 0 aromatic heterocycles. The number of nitrogens with one attached hydrogen (secondary N) is 1. The van der Waals surface area contributed by atoms with Crippen molar-refractivity contribution >= 4 is 31.1 Å². The maximum absolute atomic E-state index is 13.1. The monoisotopic (exact) mass is 577 g/mol. The lowest BCUT2D eigenvalue weighted by Gasteiger charge is -2.45. The minimum absolute atomic E-state index is 0.0954. The van der Waals surface area contributed by atoms with Gasteiger partial charge in [-0.15, -0.1) is 0 Å². The number of unbranched alkanes of at least 4 members (excludes halogenated alkanes) is 1. The Kier molecular flexibility index (Phi) is 11.2. The second kappa shape index (κ2) is 14.0. The normalized spacial score (nSPS) is 20.6. The third-order valence-electron chi connectivity index (χ3n) is 8.47. The van der Waals surface area contributed by atoms with Crippen LogP contribution in [0.1, 0.15) is 87.0 Å². The summed E-state index contributed by atoms with van der Waals surface area (Å²) in [6, 6.07) is 21.5. The summed E-state index contributed by atoms with van der Waals surface area (Å²) in [5.74, 6) is 0.475. The van der Waals surface area contributed by atoms with E-state index in [0.717, 1.165) is 44.8 Å². The maximum atomic E-state index is 13.1. The van der Waals surface area contributed by atoms with Crippen molar-refractivity contribution in [2.45, 2.75) is 103 Å². The fraction of sp³-hybridized carbons (Fsp3) is 0.543. The number of carbonyl (C=O) groups excluding carboxylic acids is 2. The minimum Gasteiger partial charge on any atom is -0.444 e. The summed E-state index contributed by atoms with van der Waals surface area (Å²) < 4.78 is 13.1. The molecule has 1 N–H and O–H groups in total. The number of hydrogen-bond donors (Lipinski definition) is 1. The van der Waals surface area contributed by atoms with Gasteiger partial charge >= 0.3 is 6.09 Å². The van der Waals surface area contributed by atoms with Gasteiger partial charge < -0.3 is 14.5 Å². The first-order valence-corrected chi connectivity index (χ1v) is 17.1. The summed E-state index contributed by atoms with van der Waals surface area (Å²) in [4.78, 5) is 23.9. The van der Waals surface area contributed by atoms with E-state index in [4.69, 9.17) is 9.16 Å². The second-order valence-corrected chi connectivity index (χ2v) is 18.0. The summed E-state index contributed by atoms with van der Waals surface area (Å²) in [6.45, 7) is 15.5. The molecule has 41 heavy (non-hydrogen) atoms. The number of allylic oxidation sites excluding steroid dienone is 2. The Balaban J connectivity index is 1.93. The molecular formula is C35H51NO4Si. The molecule has 3 rings (SSSR count). The van der Waals surface area contributed by atoms with Crippen molar-refractivity contribution in [3.8, 4) is 0 Å². The fourth-order valence-corrected chi connectivity index (χ4v) is 11.5. The molecule has 6 heteroatoms. The Morgan fingerprint density at radius 3 is 2.12 bits per heavy atom. The van der Waals surface area contributed by atoms with E-state index >= 15 is 0 Å².